The van der Waals surface area contributed by atoms with Gasteiger partial charge in [-0.05, 0) is 59.7 Å². The summed E-state index contributed by atoms with van der Waals surface area (Å²) in [5, 5.41) is 2.50. The summed E-state index contributed by atoms with van der Waals surface area (Å²) < 4.78 is 0. The first-order valence-electron chi connectivity index (χ1n) is 10.2. The Morgan fingerprint density at radius 2 is 1.52 bits per heavy atom. The number of anilines is 1. The van der Waals surface area contributed by atoms with Crippen LogP contribution < -0.4 is 16.4 Å². The number of hydrogen-bond acceptors (Lipinski definition) is 5. The number of hydrogen-bond donors (Lipinski definition) is 2. The van der Waals surface area contributed by atoms with E-state index in [0.29, 0.717) is 5.96 Å². The van der Waals surface area contributed by atoms with Crippen molar-refractivity contribution in [1.82, 2.24) is 0 Å². The van der Waals surface area contributed by atoms with Gasteiger partial charge in [-0.15, -0.1) is 0 Å². The average Bonchev–Trinajstić information content (AvgIpc) is 2.74. The van der Waals surface area contributed by atoms with Gasteiger partial charge in [0.05, 0.1) is 0 Å². The quantitative estimate of drug-likeness (QED) is 0.678. The van der Waals surface area contributed by atoms with Crippen LogP contribution in [0.3, 0.4) is 0 Å². The average molecular weight is 383 g/mol. The van der Waals surface area contributed by atoms with E-state index in [4.69, 9.17) is 16.5 Å². The largest absolute Gasteiger partial charge is 0.369 e. The summed E-state index contributed by atoms with van der Waals surface area (Å²) in [6, 6.07) is 23.4. The molecule has 0 saturated heterocycles. The van der Waals surface area contributed by atoms with Gasteiger partial charge < -0.3 is 11.5 Å². The Bertz CT molecular complexity index is 1100. The molecule has 3 aromatic rings. The minimum atomic E-state index is -0.408. The highest BCUT2D eigenvalue weighted by Crippen LogP contribution is 2.40. The fourth-order valence-corrected chi connectivity index (χ4v) is 4.76. The molecule has 0 bridgehead atoms. The molecule has 1 fully saturated rings. The van der Waals surface area contributed by atoms with E-state index in [1.165, 1.54) is 28.3 Å². The minimum Gasteiger partial charge on any atom is -0.369 e. The molecule has 1 aliphatic carbocycles. The molecule has 1 spiro atoms. The summed E-state index contributed by atoms with van der Waals surface area (Å²) in [6.45, 7) is 0. The molecule has 1 aliphatic heterocycles. The summed E-state index contributed by atoms with van der Waals surface area (Å²) in [5.74, 6) is 0.713. The molecule has 5 heteroatoms. The maximum absolute atomic E-state index is 6.35. The minimum absolute atomic E-state index is 0.285. The van der Waals surface area contributed by atoms with Gasteiger partial charge in [-0.1, -0.05) is 61.0 Å². The second-order valence-corrected chi connectivity index (χ2v) is 7.89. The van der Waals surface area contributed by atoms with Crippen molar-refractivity contribution >= 4 is 28.4 Å². The van der Waals surface area contributed by atoms with Crippen LogP contribution in [0.2, 0.25) is 0 Å². The highest BCUT2D eigenvalue weighted by Gasteiger charge is 2.42. The van der Waals surface area contributed by atoms with Gasteiger partial charge in [0.15, 0.2) is 0 Å². The SMILES string of the molecule is NC1=NC2(CCCCC2)N(c2ccc(-c3cccc4ccccc34)cc2)C(N)=N1. The van der Waals surface area contributed by atoms with Crippen molar-refractivity contribution < 1.29 is 0 Å². The Morgan fingerprint density at radius 3 is 2.31 bits per heavy atom. The van der Waals surface area contributed by atoms with Crippen LogP contribution in [0.5, 0.6) is 0 Å². The standard InChI is InChI=1S/C24H25N5/c25-22-27-23(26)29(24(28-22)15-4-1-5-16-24)19-13-11-18(12-14-19)21-10-6-8-17-7-2-3-9-20(17)21/h2-3,6-14H,1,4-5,15-16H2,(H4,25,26,27,28). The van der Waals surface area contributed by atoms with Crippen LogP contribution in [0.25, 0.3) is 21.9 Å². The Kier molecular flexibility index (Phi) is 4.23. The Labute approximate surface area is 170 Å². The highest BCUT2D eigenvalue weighted by molar-refractivity contribution is 6.06. The lowest BCUT2D eigenvalue weighted by Crippen LogP contribution is -2.58. The lowest BCUT2D eigenvalue weighted by Gasteiger charge is -2.45. The first-order chi connectivity index (χ1) is 14.2. The van der Waals surface area contributed by atoms with E-state index in [2.05, 4.69) is 76.6 Å². The van der Waals surface area contributed by atoms with Gasteiger partial charge >= 0.3 is 0 Å². The van der Waals surface area contributed by atoms with Crippen LogP contribution in [0.15, 0.2) is 76.7 Å². The van der Waals surface area contributed by atoms with E-state index < -0.39 is 5.66 Å². The van der Waals surface area contributed by atoms with Crippen LogP contribution in [0.1, 0.15) is 32.1 Å². The smallest absolute Gasteiger partial charge is 0.220 e. The number of aliphatic imine (C=N–C) groups is 2. The fraction of sp³-hybridized carbons (Fsp3) is 0.250. The fourth-order valence-electron chi connectivity index (χ4n) is 4.76. The van der Waals surface area contributed by atoms with Crippen molar-refractivity contribution in [3.8, 4) is 11.1 Å². The Balaban J connectivity index is 1.55. The van der Waals surface area contributed by atoms with E-state index in [-0.39, 0.29) is 5.96 Å². The third-order valence-corrected chi connectivity index (χ3v) is 6.08. The van der Waals surface area contributed by atoms with Crippen LogP contribution in [-0.4, -0.2) is 17.6 Å². The molecular weight excluding hydrogens is 358 g/mol. The van der Waals surface area contributed by atoms with Crippen molar-refractivity contribution in [2.45, 2.75) is 37.8 Å². The zero-order valence-corrected chi connectivity index (χ0v) is 16.4. The first-order valence-corrected chi connectivity index (χ1v) is 10.2. The number of nitrogens with two attached hydrogens (primary N) is 2. The van der Waals surface area contributed by atoms with Gasteiger partial charge in [-0.3, -0.25) is 4.90 Å². The van der Waals surface area contributed by atoms with Gasteiger partial charge in [0.2, 0.25) is 11.9 Å². The molecule has 29 heavy (non-hydrogen) atoms. The van der Waals surface area contributed by atoms with Crippen molar-refractivity contribution in [3.05, 3.63) is 66.7 Å². The summed E-state index contributed by atoms with van der Waals surface area (Å²) in [4.78, 5) is 11.1. The maximum Gasteiger partial charge on any atom is 0.220 e. The van der Waals surface area contributed by atoms with Gasteiger partial charge in [0, 0.05) is 5.69 Å². The van der Waals surface area contributed by atoms with Gasteiger partial charge in [0.1, 0.15) is 5.66 Å². The summed E-state index contributed by atoms with van der Waals surface area (Å²) in [7, 11) is 0. The van der Waals surface area contributed by atoms with E-state index in [9.17, 15) is 0 Å². The van der Waals surface area contributed by atoms with Crippen molar-refractivity contribution in [2.24, 2.45) is 21.5 Å². The van der Waals surface area contributed by atoms with Crippen molar-refractivity contribution in [3.63, 3.8) is 0 Å². The summed E-state index contributed by atoms with van der Waals surface area (Å²) in [6.07, 6.45) is 5.34. The summed E-state index contributed by atoms with van der Waals surface area (Å²) >= 11 is 0. The zero-order valence-electron chi connectivity index (χ0n) is 16.4. The van der Waals surface area contributed by atoms with E-state index in [1.54, 1.807) is 0 Å². The second-order valence-electron chi connectivity index (χ2n) is 7.89. The number of fused-ring (bicyclic) bond motifs is 1. The number of rotatable bonds is 2. The maximum atomic E-state index is 6.35. The lowest BCUT2D eigenvalue weighted by molar-refractivity contribution is 0.305. The molecule has 3 aromatic carbocycles. The topological polar surface area (TPSA) is 80.0 Å². The number of guanidine groups is 2. The predicted octanol–water partition coefficient (Wildman–Crippen LogP) is 4.62. The molecule has 5 rings (SSSR count). The molecule has 2 aliphatic rings. The van der Waals surface area contributed by atoms with Crippen LogP contribution in [0.4, 0.5) is 5.69 Å². The molecule has 0 amide bonds. The molecule has 0 atom stereocenters. The Hall–Kier alpha value is -3.34. The molecule has 146 valence electrons. The molecule has 1 heterocycles. The van der Waals surface area contributed by atoms with Crippen LogP contribution in [0, 0.1) is 0 Å². The van der Waals surface area contributed by atoms with E-state index in [1.807, 2.05) is 0 Å². The van der Waals surface area contributed by atoms with E-state index in [0.717, 1.165) is 31.4 Å². The lowest BCUT2D eigenvalue weighted by atomic mass is 9.87. The first kappa shape index (κ1) is 17.7. The van der Waals surface area contributed by atoms with E-state index >= 15 is 0 Å². The van der Waals surface area contributed by atoms with Crippen molar-refractivity contribution in [1.29, 1.82) is 0 Å². The van der Waals surface area contributed by atoms with Crippen LogP contribution in [-0.2, 0) is 0 Å². The van der Waals surface area contributed by atoms with Gasteiger partial charge in [0.25, 0.3) is 0 Å². The molecule has 1 saturated carbocycles. The third kappa shape index (κ3) is 3.03. The molecular formula is C24H25N5. The van der Waals surface area contributed by atoms with Gasteiger partial charge in [-0.25, -0.2) is 4.99 Å². The monoisotopic (exact) mass is 383 g/mol. The molecule has 0 radical (unpaired) electrons. The normalized spacial score (nSPS) is 18.6. The number of benzene rings is 3. The summed E-state index contributed by atoms with van der Waals surface area (Å²) in [5.41, 5.74) is 15.3. The predicted molar refractivity (Wildman–Crippen MR) is 121 cm³/mol. The third-order valence-electron chi connectivity index (χ3n) is 6.08. The highest BCUT2D eigenvalue weighted by atomic mass is 15.4. The Morgan fingerprint density at radius 1 is 0.793 bits per heavy atom. The number of nitrogens with zero attached hydrogens (tertiary/aromatic N) is 3. The van der Waals surface area contributed by atoms with Gasteiger partial charge in [-0.2, -0.15) is 4.99 Å². The van der Waals surface area contributed by atoms with Crippen molar-refractivity contribution in [2.75, 3.05) is 4.90 Å². The molecule has 5 nitrogen and oxygen atoms in total. The zero-order chi connectivity index (χ0) is 19.8. The molecule has 4 N–H and O–H groups in total. The second kappa shape index (κ2) is 6.92. The molecule has 0 aromatic heterocycles. The molecule has 0 unspecified atom stereocenters. The van der Waals surface area contributed by atoms with Crippen LogP contribution >= 0.6 is 0 Å².